The lowest BCUT2D eigenvalue weighted by atomic mass is 10.0. The van der Waals surface area contributed by atoms with Crippen molar-refractivity contribution in [3.05, 3.63) is 0 Å². The summed E-state index contributed by atoms with van der Waals surface area (Å²) in [5.41, 5.74) is -1.27. The number of hydrogen-bond donors (Lipinski definition) is 1. The van der Waals surface area contributed by atoms with Gasteiger partial charge in [-0.25, -0.2) is 0 Å². The maximum atomic E-state index is 12.4. The molecule has 5 heteroatoms. The van der Waals surface area contributed by atoms with Gasteiger partial charge in [-0.1, -0.05) is 0 Å². The van der Waals surface area contributed by atoms with Gasteiger partial charge in [0, 0.05) is 39.3 Å². The topological polar surface area (TPSA) is 53.0 Å². The molecule has 0 aromatic rings. The molecule has 2 saturated heterocycles. The molecule has 0 radical (unpaired) electrons. The van der Waals surface area contributed by atoms with E-state index in [4.69, 9.17) is 4.74 Å². The lowest BCUT2D eigenvalue weighted by Gasteiger charge is -2.39. The molecule has 1 unspecified atom stereocenters. The van der Waals surface area contributed by atoms with Crippen LogP contribution in [-0.2, 0) is 9.53 Å². The average molecular weight is 270 g/mol. The minimum atomic E-state index is -0.674. The Morgan fingerprint density at radius 2 is 1.95 bits per heavy atom. The van der Waals surface area contributed by atoms with Gasteiger partial charge < -0.3 is 14.7 Å². The van der Waals surface area contributed by atoms with E-state index in [-0.39, 0.29) is 5.91 Å². The molecule has 0 spiro atoms. The first-order chi connectivity index (χ1) is 8.80. The van der Waals surface area contributed by atoms with Crippen LogP contribution in [0.2, 0.25) is 0 Å². The number of nitrogens with zero attached hydrogens (tertiary/aromatic N) is 2. The predicted molar refractivity (Wildman–Crippen MR) is 72.9 cm³/mol. The molecule has 0 aromatic carbocycles. The van der Waals surface area contributed by atoms with Crippen LogP contribution in [-0.4, -0.2) is 71.3 Å². The van der Waals surface area contributed by atoms with Crippen LogP contribution in [0.4, 0.5) is 0 Å². The maximum Gasteiger partial charge on any atom is 0.254 e. The van der Waals surface area contributed by atoms with E-state index in [1.807, 2.05) is 25.7 Å². The number of amides is 1. The first-order valence-electron chi connectivity index (χ1n) is 7.18. The van der Waals surface area contributed by atoms with Crippen molar-refractivity contribution in [2.75, 3.05) is 39.3 Å². The summed E-state index contributed by atoms with van der Waals surface area (Å²) in [5, 5.41) is 9.82. The molecule has 5 nitrogen and oxygen atoms in total. The van der Waals surface area contributed by atoms with E-state index in [1.165, 1.54) is 0 Å². The van der Waals surface area contributed by atoms with Gasteiger partial charge in [0.15, 0.2) is 0 Å². The molecule has 0 saturated carbocycles. The van der Waals surface area contributed by atoms with Crippen molar-refractivity contribution in [3.63, 3.8) is 0 Å². The van der Waals surface area contributed by atoms with Crippen molar-refractivity contribution in [2.45, 2.75) is 44.8 Å². The van der Waals surface area contributed by atoms with Gasteiger partial charge in [0.1, 0.15) is 5.60 Å². The summed E-state index contributed by atoms with van der Waals surface area (Å²) in [6.45, 7) is 10.0. The van der Waals surface area contributed by atoms with Crippen LogP contribution in [0, 0.1) is 0 Å². The number of carbonyl (C=O) groups is 1. The van der Waals surface area contributed by atoms with Crippen molar-refractivity contribution in [3.8, 4) is 0 Å². The quantitative estimate of drug-likeness (QED) is 0.810. The summed E-state index contributed by atoms with van der Waals surface area (Å²) in [6, 6.07) is 0. The SMILES string of the molecule is CC(C)(O)CN1CCN(C(=O)C2(C)CCCO2)CC1. The third-order valence-corrected chi connectivity index (χ3v) is 3.94. The average Bonchev–Trinajstić information content (AvgIpc) is 2.75. The molecule has 19 heavy (non-hydrogen) atoms. The van der Waals surface area contributed by atoms with Gasteiger partial charge in [-0.15, -0.1) is 0 Å². The molecule has 2 aliphatic rings. The van der Waals surface area contributed by atoms with Gasteiger partial charge in [-0.2, -0.15) is 0 Å². The molecular weight excluding hydrogens is 244 g/mol. The summed E-state index contributed by atoms with van der Waals surface area (Å²) in [6.07, 6.45) is 1.80. The number of β-amino-alcohol motifs (C(OH)–C–C–N with tert-alkyl or cyclic N) is 1. The van der Waals surface area contributed by atoms with Crippen LogP contribution >= 0.6 is 0 Å². The van der Waals surface area contributed by atoms with Crippen LogP contribution in [0.1, 0.15) is 33.6 Å². The first kappa shape index (κ1) is 14.8. The lowest BCUT2D eigenvalue weighted by Crippen LogP contribution is -2.56. The van der Waals surface area contributed by atoms with Gasteiger partial charge >= 0.3 is 0 Å². The zero-order valence-corrected chi connectivity index (χ0v) is 12.3. The largest absolute Gasteiger partial charge is 0.389 e. The van der Waals surface area contributed by atoms with Gasteiger partial charge in [-0.3, -0.25) is 9.69 Å². The van der Waals surface area contributed by atoms with E-state index >= 15 is 0 Å². The molecular formula is C14H26N2O3. The molecule has 0 bridgehead atoms. The first-order valence-corrected chi connectivity index (χ1v) is 7.18. The fourth-order valence-corrected chi connectivity index (χ4v) is 2.94. The number of piperazine rings is 1. The number of rotatable bonds is 3. The second kappa shape index (κ2) is 5.38. The summed E-state index contributed by atoms with van der Waals surface area (Å²) in [4.78, 5) is 16.6. The Morgan fingerprint density at radius 1 is 1.32 bits per heavy atom. The summed E-state index contributed by atoms with van der Waals surface area (Å²) < 4.78 is 5.62. The molecule has 110 valence electrons. The van der Waals surface area contributed by atoms with Gasteiger partial charge in [0.2, 0.25) is 0 Å². The Balaban J connectivity index is 1.84. The summed E-state index contributed by atoms with van der Waals surface area (Å²) in [5.74, 6) is 0.132. The van der Waals surface area contributed by atoms with Crippen molar-refractivity contribution >= 4 is 5.91 Å². The highest BCUT2D eigenvalue weighted by Crippen LogP contribution is 2.27. The zero-order chi connectivity index (χ0) is 14.1. The van der Waals surface area contributed by atoms with Crippen LogP contribution < -0.4 is 0 Å². The van der Waals surface area contributed by atoms with Crippen LogP contribution in [0.3, 0.4) is 0 Å². The van der Waals surface area contributed by atoms with Gasteiger partial charge in [-0.05, 0) is 33.6 Å². The number of hydrogen-bond acceptors (Lipinski definition) is 4. The highest BCUT2D eigenvalue weighted by molar-refractivity contribution is 5.85. The normalized spacial score (nSPS) is 29.8. The smallest absolute Gasteiger partial charge is 0.254 e. The molecule has 0 aliphatic carbocycles. The molecule has 2 heterocycles. The Bertz CT molecular complexity index is 324. The third kappa shape index (κ3) is 3.68. The van der Waals surface area contributed by atoms with Gasteiger partial charge in [0.05, 0.1) is 5.60 Å². The molecule has 0 aromatic heterocycles. The fourth-order valence-electron chi connectivity index (χ4n) is 2.94. The lowest BCUT2D eigenvalue weighted by molar-refractivity contribution is -0.153. The highest BCUT2D eigenvalue weighted by atomic mass is 16.5. The predicted octanol–water partition coefficient (Wildman–Crippen LogP) is 0.471. The molecule has 2 rings (SSSR count). The molecule has 1 amide bonds. The van der Waals surface area contributed by atoms with Crippen LogP contribution in [0.15, 0.2) is 0 Å². The minimum Gasteiger partial charge on any atom is -0.389 e. The van der Waals surface area contributed by atoms with E-state index in [0.717, 1.165) is 39.0 Å². The molecule has 2 fully saturated rings. The van der Waals surface area contributed by atoms with E-state index in [2.05, 4.69) is 4.90 Å². The summed E-state index contributed by atoms with van der Waals surface area (Å²) >= 11 is 0. The fraction of sp³-hybridized carbons (Fsp3) is 0.929. The number of carbonyl (C=O) groups excluding carboxylic acids is 1. The van der Waals surface area contributed by atoms with Crippen LogP contribution in [0.25, 0.3) is 0 Å². The number of aliphatic hydroxyl groups is 1. The third-order valence-electron chi connectivity index (χ3n) is 3.94. The zero-order valence-electron chi connectivity index (χ0n) is 12.3. The monoisotopic (exact) mass is 270 g/mol. The minimum absolute atomic E-state index is 0.132. The maximum absolute atomic E-state index is 12.4. The number of ether oxygens (including phenoxy) is 1. The van der Waals surface area contributed by atoms with E-state index in [0.29, 0.717) is 13.2 Å². The van der Waals surface area contributed by atoms with Crippen molar-refractivity contribution in [1.82, 2.24) is 9.80 Å². The molecule has 1 atom stereocenters. The van der Waals surface area contributed by atoms with E-state index in [1.54, 1.807) is 0 Å². The summed E-state index contributed by atoms with van der Waals surface area (Å²) in [7, 11) is 0. The Labute approximate surface area is 115 Å². The van der Waals surface area contributed by atoms with Crippen LogP contribution in [0.5, 0.6) is 0 Å². The van der Waals surface area contributed by atoms with Crippen molar-refractivity contribution in [2.24, 2.45) is 0 Å². The van der Waals surface area contributed by atoms with Crippen molar-refractivity contribution in [1.29, 1.82) is 0 Å². The van der Waals surface area contributed by atoms with Crippen molar-refractivity contribution < 1.29 is 14.6 Å². The molecule has 2 aliphatic heterocycles. The second-order valence-electron chi connectivity index (χ2n) is 6.56. The Morgan fingerprint density at radius 3 is 2.42 bits per heavy atom. The standard InChI is InChI=1S/C14H26N2O3/c1-13(2,18)11-15-6-8-16(9-7-15)12(17)14(3)5-4-10-19-14/h18H,4-11H2,1-3H3. The van der Waals surface area contributed by atoms with Gasteiger partial charge in [0.25, 0.3) is 5.91 Å². The second-order valence-corrected chi connectivity index (χ2v) is 6.56. The van der Waals surface area contributed by atoms with E-state index < -0.39 is 11.2 Å². The van der Waals surface area contributed by atoms with E-state index in [9.17, 15) is 9.90 Å². The Kier molecular flexibility index (Phi) is 4.18. The molecule has 1 N–H and O–H groups in total. The Hall–Kier alpha value is -0.650. The highest BCUT2D eigenvalue weighted by Gasteiger charge is 2.41.